The van der Waals surface area contributed by atoms with E-state index in [-0.39, 0.29) is 5.91 Å². The average Bonchev–Trinajstić information content (AvgIpc) is 2.36. The number of amides is 1. The Labute approximate surface area is 138 Å². The Morgan fingerprint density at radius 1 is 1.50 bits per heavy atom. The number of halogens is 2. The molecule has 1 aromatic carbocycles. The largest absolute Gasteiger partial charge is 0.393 e. The Morgan fingerprint density at radius 2 is 2.15 bits per heavy atom. The molecule has 0 radical (unpaired) electrons. The van der Waals surface area contributed by atoms with E-state index in [0.717, 1.165) is 4.47 Å². The lowest BCUT2D eigenvalue weighted by Crippen LogP contribution is -2.36. The van der Waals surface area contributed by atoms with Crippen molar-refractivity contribution in [3.05, 3.63) is 33.3 Å². The van der Waals surface area contributed by atoms with E-state index >= 15 is 0 Å². The minimum atomic E-state index is -0.0515. The lowest BCUT2D eigenvalue weighted by molar-refractivity contribution is 0.0741. The van der Waals surface area contributed by atoms with E-state index in [1.807, 2.05) is 0 Å². The fourth-order valence-corrected chi connectivity index (χ4v) is 2.29. The number of nitrogens with two attached hydrogens (primary N) is 1. The van der Waals surface area contributed by atoms with Gasteiger partial charge in [-0.05, 0) is 40.0 Å². The Hall–Kier alpha value is -0.650. The van der Waals surface area contributed by atoms with E-state index < -0.39 is 0 Å². The predicted molar refractivity (Wildman–Crippen MR) is 91.3 cm³/mol. The SMILES string of the molecule is CC(C)CN(CCC(N)=S)C(=O)c1ccc(Br)c(Cl)c1. The van der Waals surface area contributed by atoms with Gasteiger partial charge in [0.1, 0.15) is 0 Å². The lowest BCUT2D eigenvalue weighted by Gasteiger charge is -2.24. The molecule has 6 heteroatoms. The second kappa shape index (κ2) is 7.96. The zero-order valence-electron chi connectivity index (χ0n) is 11.5. The van der Waals surface area contributed by atoms with Crippen LogP contribution in [0.5, 0.6) is 0 Å². The standard InChI is InChI=1S/C14H18BrClN2OS/c1-9(2)8-18(6-5-13(17)20)14(19)10-3-4-11(15)12(16)7-10/h3-4,7,9H,5-6,8H2,1-2H3,(H2,17,20). The van der Waals surface area contributed by atoms with Gasteiger partial charge >= 0.3 is 0 Å². The first-order chi connectivity index (χ1) is 9.31. The van der Waals surface area contributed by atoms with E-state index in [4.69, 9.17) is 29.6 Å². The third-order valence-corrected chi connectivity index (χ3v) is 4.10. The number of thiocarbonyl (C=S) groups is 1. The maximum atomic E-state index is 12.5. The molecule has 2 N–H and O–H groups in total. The van der Waals surface area contributed by atoms with Crippen molar-refractivity contribution >= 4 is 50.6 Å². The fourth-order valence-electron chi connectivity index (χ4n) is 1.77. The summed E-state index contributed by atoms with van der Waals surface area (Å²) >= 11 is 14.2. The summed E-state index contributed by atoms with van der Waals surface area (Å²) in [7, 11) is 0. The maximum Gasteiger partial charge on any atom is 0.253 e. The Bertz CT molecular complexity index is 508. The maximum absolute atomic E-state index is 12.5. The molecule has 1 aromatic rings. The molecule has 0 atom stereocenters. The first-order valence-corrected chi connectivity index (χ1v) is 7.91. The minimum absolute atomic E-state index is 0.0515. The van der Waals surface area contributed by atoms with Crippen LogP contribution in [0, 0.1) is 5.92 Å². The summed E-state index contributed by atoms with van der Waals surface area (Å²) in [6.45, 7) is 5.32. The van der Waals surface area contributed by atoms with Gasteiger partial charge in [0.15, 0.2) is 0 Å². The van der Waals surface area contributed by atoms with E-state index in [1.165, 1.54) is 0 Å². The molecule has 1 rings (SSSR count). The molecule has 0 unspecified atom stereocenters. The molecule has 20 heavy (non-hydrogen) atoms. The number of rotatable bonds is 6. The van der Waals surface area contributed by atoms with Gasteiger partial charge in [-0.3, -0.25) is 4.79 Å². The highest BCUT2D eigenvalue weighted by atomic mass is 79.9. The molecule has 1 amide bonds. The quantitative estimate of drug-likeness (QED) is 0.765. The van der Waals surface area contributed by atoms with Crippen LogP contribution in [0.1, 0.15) is 30.6 Å². The highest BCUT2D eigenvalue weighted by Crippen LogP contribution is 2.24. The third-order valence-electron chi connectivity index (χ3n) is 2.67. The molecule has 0 aliphatic rings. The van der Waals surface area contributed by atoms with Gasteiger partial charge in [0, 0.05) is 29.5 Å². The smallest absolute Gasteiger partial charge is 0.253 e. The number of benzene rings is 1. The fraction of sp³-hybridized carbons (Fsp3) is 0.429. The zero-order valence-corrected chi connectivity index (χ0v) is 14.7. The van der Waals surface area contributed by atoms with E-state index in [0.29, 0.717) is 41.0 Å². The highest BCUT2D eigenvalue weighted by Gasteiger charge is 2.17. The average molecular weight is 378 g/mol. The van der Waals surface area contributed by atoms with Gasteiger partial charge in [0.05, 0.1) is 10.0 Å². The van der Waals surface area contributed by atoms with Crippen molar-refractivity contribution in [3.63, 3.8) is 0 Å². The molecule has 0 saturated heterocycles. The van der Waals surface area contributed by atoms with Gasteiger partial charge in [0.25, 0.3) is 5.91 Å². The molecule has 0 saturated carbocycles. The minimum Gasteiger partial charge on any atom is -0.393 e. The van der Waals surface area contributed by atoms with Crippen LogP contribution in [0.4, 0.5) is 0 Å². The molecular weight excluding hydrogens is 360 g/mol. The van der Waals surface area contributed by atoms with Crippen molar-refractivity contribution in [3.8, 4) is 0 Å². The van der Waals surface area contributed by atoms with Gasteiger partial charge in [-0.1, -0.05) is 37.7 Å². The monoisotopic (exact) mass is 376 g/mol. The number of hydrogen-bond donors (Lipinski definition) is 1. The van der Waals surface area contributed by atoms with Crippen LogP contribution in [0.25, 0.3) is 0 Å². The van der Waals surface area contributed by atoms with Crippen molar-refractivity contribution in [1.82, 2.24) is 4.90 Å². The van der Waals surface area contributed by atoms with Crippen LogP contribution in [0.3, 0.4) is 0 Å². The Kier molecular flexibility index (Phi) is 6.92. The van der Waals surface area contributed by atoms with Gasteiger partial charge in [0.2, 0.25) is 0 Å². The van der Waals surface area contributed by atoms with Crippen molar-refractivity contribution in [2.45, 2.75) is 20.3 Å². The number of carbonyl (C=O) groups excluding carboxylic acids is 1. The summed E-state index contributed by atoms with van der Waals surface area (Å²) < 4.78 is 0.772. The van der Waals surface area contributed by atoms with Crippen molar-refractivity contribution in [2.75, 3.05) is 13.1 Å². The number of nitrogens with zero attached hydrogens (tertiary/aromatic N) is 1. The summed E-state index contributed by atoms with van der Waals surface area (Å²) in [6, 6.07) is 5.20. The van der Waals surface area contributed by atoms with Gasteiger partial charge in [-0.2, -0.15) is 0 Å². The van der Waals surface area contributed by atoms with E-state index in [9.17, 15) is 4.79 Å². The van der Waals surface area contributed by atoms with Gasteiger partial charge < -0.3 is 10.6 Å². The van der Waals surface area contributed by atoms with Crippen molar-refractivity contribution in [1.29, 1.82) is 0 Å². The number of carbonyl (C=O) groups is 1. The highest BCUT2D eigenvalue weighted by molar-refractivity contribution is 9.10. The van der Waals surface area contributed by atoms with Crippen molar-refractivity contribution < 1.29 is 4.79 Å². The van der Waals surface area contributed by atoms with Crippen LogP contribution < -0.4 is 5.73 Å². The summed E-state index contributed by atoms with van der Waals surface area (Å²) in [6.07, 6.45) is 0.526. The molecule has 0 heterocycles. The Morgan fingerprint density at radius 3 is 2.65 bits per heavy atom. The van der Waals surface area contributed by atoms with Crippen LogP contribution in [-0.4, -0.2) is 28.9 Å². The summed E-state index contributed by atoms with van der Waals surface area (Å²) in [5, 5.41) is 0.523. The third kappa shape index (κ3) is 5.38. The van der Waals surface area contributed by atoms with Crippen LogP contribution in [0.15, 0.2) is 22.7 Å². The Balaban J connectivity index is 2.90. The van der Waals surface area contributed by atoms with Gasteiger partial charge in [-0.15, -0.1) is 0 Å². The first kappa shape index (κ1) is 17.4. The lowest BCUT2D eigenvalue weighted by atomic mass is 10.1. The van der Waals surface area contributed by atoms with Crippen LogP contribution >= 0.6 is 39.7 Å². The first-order valence-electron chi connectivity index (χ1n) is 6.34. The summed E-state index contributed by atoms with van der Waals surface area (Å²) in [5.74, 6) is 0.320. The second-order valence-electron chi connectivity index (χ2n) is 4.99. The molecule has 0 aliphatic carbocycles. The molecule has 0 fully saturated rings. The topological polar surface area (TPSA) is 46.3 Å². The zero-order chi connectivity index (χ0) is 15.3. The second-order valence-corrected chi connectivity index (χ2v) is 6.78. The predicted octanol–water partition coefficient (Wildman–Crippen LogP) is 3.88. The van der Waals surface area contributed by atoms with E-state index in [2.05, 4.69) is 29.8 Å². The molecule has 3 nitrogen and oxygen atoms in total. The molecule has 0 aliphatic heterocycles. The van der Waals surface area contributed by atoms with Crippen LogP contribution in [-0.2, 0) is 0 Å². The van der Waals surface area contributed by atoms with Gasteiger partial charge in [-0.25, -0.2) is 0 Å². The number of hydrogen-bond acceptors (Lipinski definition) is 2. The molecule has 0 spiro atoms. The van der Waals surface area contributed by atoms with Crippen molar-refractivity contribution in [2.24, 2.45) is 11.7 Å². The summed E-state index contributed by atoms with van der Waals surface area (Å²) in [5.41, 5.74) is 6.09. The summed E-state index contributed by atoms with van der Waals surface area (Å²) in [4.78, 5) is 14.7. The molecule has 0 aromatic heterocycles. The van der Waals surface area contributed by atoms with Crippen LogP contribution in [0.2, 0.25) is 5.02 Å². The molecule has 0 bridgehead atoms. The normalized spacial score (nSPS) is 10.7. The van der Waals surface area contributed by atoms with E-state index in [1.54, 1.807) is 23.1 Å². The molecule has 110 valence electrons. The molecular formula is C14H18BrClN2OS.